The minimum Gasteiger partial charge on any atom is -0.388 e. The van der Waals surface area contributed by atoms with E-state index < -0.39 is 17.8 Å². The molecule has 1 aromatic carbocycles. The molecule has 1 heterocycles. The molecule has 1 atom stereocenters. The smallest absolute Gasteiger partial charge is 0.388 e. The van der Waals surface area contributed by atoms with Gasteiger partial charge in [-0.05, 0) is 54.7 Å². The van der Waals surface area contributed by atoms with Crippen LogP contribution < -0.4 is 0 Å². The van der Waals surface area contributed by atoms with Crippen LogP contribution in [-0.2, 0) is 23.9 Å². The van der Waals surface area contributed by atoms with Gasteiger partial charge in [0.15, 0.2) is 5.78 Å². The topological polar surface area (TPSA) is 59.4 Å². The highest BCUT2D eigenvalue weighted by Crippen LogP contribution is 2.48. The second-order valence-corrected chi connectivity index (χ2v) is 10.1. The lowest BCUT2D eigenvalue weighted by atomic mass is 9.71. The number of hydrogen-bond donors (Lipinski definition) is 1. The van der Waals surface area contributed by atoms with Crippen LogP contribution in [0, 0.1) is 5.41 Å². The van der Waals surface area contributed by atoms with E-state index in [0.29, 0.717) is 24.1 Å². The van der Waals surface area contributed by atoms with E-state index in [2.05, 4.69) is 13.8 Å². The molecule has 1 fully saturated rings. The molecule has 0 bridgehead atoms. The number of aromatic nitrogens is 1. The van der Waals surface area contributed by atoms with Crippen LogP contribution in [0.25, 0.3) is 0 Å². The Morgan fingerprint density at radius 1 is 1.15 bits per heavy atom. The number of benzene rings is 1. The second-order valence-electron chi connectivity index (χ2n) is 10.1. The minimum absolute atomic E-state index is 0.113. The standard InChI is InChI=1S/C26H30F3NO3/c1-25(2)12-18-22(20(31)13-25)21(15-6-4-5-7-15)23(19(30-18)14-33-3)24(32)16-8-10-17(11-9-16)26(27,28)29/h8-11,15,20,31H,4-7,12-14H2,1-3H3. The van der Waals surface area contributed by atoms with E-state index in [1.165, 1.54) is 19.2 Å². The Hall–Kier alpha value is -2.25. The van der Waals surface area contributed by atoms with Gasteiger partial charge >= 0.3 is 6.18 Å². The molecule has 2 aliphatic rings. The number of methoxy groups -OCH3 is 1. The van der Waals surface area contributed by atoms with Crippen molar-refractivity contribution < 1.29 is 27.8 Å². The molecule has 0 saturated heterocycles. The number of carbonyl (C=O) groups excluding carboxylic acids is 1. The molecule has 1 unspecified atom stereocenters. The van der Waals surface area contributed by atoms with Gasteiger partial charge in [-0.15, -0.1) is 0 Å². The van der Waals surface area contributed by atoms with Gasteiger partial charge in [0.25, 0.3) is 0 Å². The van der Waals surface area contributed by atoms with Crippen molar-refractivity contribution in [2.75, 3.05) is 7.11 Å². The lowest BCUT2D eigenvalue weighted by Gasteiger charge is -2.37. The summed E-state index contributed by atoms with van der Waals surface area (Å²) in [5.74, 6) is -0.258. The molecule has 178 valence electrons. The lowest BCUT2D eigenvalue weighted by Crippen LogP contribution is -2.30. The van der Waals surface area contributed by atoms with E-state index in [0.717, 1.165) is 54.6 Å². The maximum Gasteiger partial charge on any atom is 0.416 e. The number of halogens is 3. The molecule has 0 aliphatic heterocycles. The van der Waals surface area contributed by atoms with Crippen LogP contribution in [0.15, 0.2) is 24.3 Å². The van der Waals surface area contributed by atoms with E-state index in [9.17, 15) is 23.1 Å². The number of ether oxygens (including phenoxy) is 1. The first-order chi connectivity index (χ1) is 15.5. The largest absolute Gasteiger partial charge is 0.416 e. The Balaban J connectivity index is 1.91. The first-order valence-electron chi connectivity index (χ1n) is 11.5. The molecule has 0 radical (unpaired) electrons. The molecule has 1 N–H and O–H groups in total. The minimum atomic E-state index is -4.47. The van der Waals surface area contributed by atoms with Crippen molar-refractivity contribution in [3.8, 4) is 0 Å². The maximum atomic E-state index is 13.7. The van der Waals surface area contributed by atoms with E-state index in [-0.39, 0.29) is 29.3 Å². The Morgan fingerprint density at radius 3 is 2.36 bits per heavy atom. The molecule has 0 spiro atoms. The number of nitrogens with zero attached hydrogens (tertiary/aromatic N) is 1. The van der Waals surface area contributed by atoms with E-state index in [1.807, 2.05) is 0 Å². The Bertz CT molecular complexity index is 1040. The summed E-state index contributed by atoms with van der Waals surface area (Å²) >= 11 is 0. The van der Waals surface area contributed by atoms with Crippen molar-refractivity contribution >= 4 is 5.78 Å². The number of rotatable bonds is 5. The van der Waals surface area contributed by atoms with Crippen LogP contribution in [0.1, 0.15) is 102 Å². The monoisotopic (exact) mass is 461 g/mol. The van der Waals surface area contributed by atoms with E-state index >= 15 is 0 Å². The maximum absolute atomic E-state index is 13.7. The third-order valence-corrected chi connectivity index (χ3v) is 6.90. The van der Waals surface area contributed by atoms with Crippen LogP contribution >= 0.6 is 0 Å². The first kappa shape index (κ1) is 23.9. The van der Waals surface area contributed by atoms with E-state index in [4.69, 9.17) is 9.72 Å². The first-order valence-corrected chi connectivity index (χ1v) is 11.5. The van der Waals surface area contributed by atoms with Crippen molar-refractivity contribution in [3.05, 3.63) is 63.5 Å². The Kier molecular flexibility index (Phi) is 6.40. The molecular formula is C26H30F3NO3. The summed E-state index contributed by atoms with van der Waals surface area (Å²) in [4.78, 5) is 18.5. The van der Waals surface area contributed by atoms with Gasteiger partial charge in [-0.3, -0.25) is 9.78 Å². The van der Waals surface area contributed by atoms with Crippen molar-refractivity contribution in [2.24, 2.45) is 5.41 Å². The van der Waals surface area contributed by atoms with Crippen LogP contribution in [0.4, 0.5) is 13.2 Å². The third-order valence-electron chi connectivity index (χ3n) is 6.90. The highest BCUT2D eigenvalue weighted by Gasteiger charge is 2.39. The van der Waals surface area contributed by atoms with Gasteiger partial charge in [-0.1, -0.05) is 38.8 Å². The molecular weight excluding hydrogens is 431 g/mol. The molecule has 0 amide bonds. The summed E-state index contributed by atoms with van der Waals surface area (Å²) in [5, 5.41) is 11.2. The zero-order chi connectivity index (χ0) is 24.0. The highest BCUT2D eigenvalue weighted by atomic mass is 19.4. The van der Waals surface area contributed by atoms with Gasteiger partial charge in [0.2, 0.25) is 0 Å². The quantitative estimate of drug-likeness (QED) is 0.543. The van der Waals surface area contributed by atoms with Crippen molar-refractivity contribution in [3.63, 3.8) is 0 Å². The molecule has 2 aliphatic carbocycles. The van der Waals surface area contributed by atoms with Crippen LogP contribution in [-0.4, -0.2) is 23.0 Å². The molecule has 4 nitrogen and oxygen atoms in total. The molecule has 33 heavy (non-hydrogen) atoms. The number of aliphatic hydroxyl groups is 1. The van der Waals surface area contributed by atoms with Gasteiger partial charge in [0, 0.05) is 23.9 Å². The number of hydrogen-bond acceptors (Lipinski definition) is 4. The summed E-state index contributed by atoms with van der Waals surface area (Å²) in [7, 11) is 1.53. The number of pyridine rings is 1. The summed E-state index contributed by atoms with van der Waals surface area (Å²) in [6.07, 6.45) is -0.0552. The summed E-state index contributed by atoms with van der Waals surface area (Å²) < 4.78 is 44.5. The van der Waals surface area contributed by atoms with E-state index in [1.54, 1.807) is 0 Å². The molecule has 2 aromatic rings. The van der Waals surface area contributed by atoms with Crippen LogP contribution in [0.3, 0.4) is 0 Å². The van der Waals surface area contributed by atoms with Gasteiger partial charge < -0.3 is 9.84 Å². The van der Waals surface area contributed by atoms with Crippen LogP contribution in [0.2, 0.25) is 0 Å². The fourth-order valence-corrected chi connectivity index (χ4v) is 5.47. The lowest BCUT2D eigenvalue weighted by molar-refractivity contribution is -0.137. The Morgan fingerprint density at radius 2 is 1.79 bits per heavy atom. The van der Waals surface area contributed by atoms with Crippen molar-refractivity contribution in [1.29, 1.82) is 0 Å². The zero-order valence-electron chi connectivity index (χ0n) is 19.3. The zero-order valence-corrected chi connectivity index (χ0v) is 19.3. The van der Waals surface area contributed by atoms with Gasteiger partial charge in [-0.25, -0.2) is 0 Å². The fraction of sp³-hybridized carbons (Fsp3) is 0.538. The number of carbonyl (C=O) groups is 1. The predicted octanol–water partition coefficient (Wildman–Crippen LogP) is 6.14. The summed E-state index contributed by atoms with van der Waals surface area (Å²) in [6.45, 7) is 4.30. The van der Waals surface area contributed by atoms with Crippen molar-refractivity contribution in [1.82, 2.24) is 4.98 Å². The average Bonchev–Trinajstić information content (AvgIpc) is 3.25. The number of aliphatic hydroxyl groups excluding tert-OH is 1. The van der Waals surface area contributed by atoms with Gasteiger partial charge in [0.05, 0.1) is 29.5 Å². The van der Waals surface area contributed by atoms with Crippen LogP contribution in [0.5, 0.6) is 0 Å². The third kappa shape index (κ3) is 4.71. The fourth-order valence-electron chi connectivity index (χ4n) is 5.47. The summed E-state index contributed by atoms with van der Waals surface area (Å²) in [5.41, 5.74) is 2.51. The van der Waals surface area contributed by atoms with Gasteiger partial charge in [-0.2, -0.15) is 13.2 Å². The molecule has 1 saturated carbocycles. The number of alkyl halides is 3. The molecule has 4 rings (SSSR count). The SMILES string of the molecule is COCc1nc2c(c(C3CCCC3)c1C(=O)c1ccc(C(F)(F)F)cc1)C(O)CC(C)(C)C2. The average molecular weight is 462 g/mol. The van der Waals surface area contributed by atoms with Gasteiger partial charge in [0.1, 0.15) is 0 Å². The van der Waals surface area contributed by atoms with Crippen molar-refractivity contribution in [2.45, 2.75) is 77.2 Å². The summed E-state index contributed by atoms with van der Waals surface area (Å²) in [6, 6.07) is 4.31. The number of fused-ring (bicyclic) bond motifs is 1. The second kappa shape index (κ2) is 8.84. The number of ketones is 1. The molecule has 7 heteroatoms. The molecule has 1 aromatic heterocycles. The highest BCUT2D eigenvalue weighted by molar-refractivity contribution is 6.11. The Labute approximate surface area is 192 Å². The predicted molar refractivity (Wildman–Crippen MR) is 118 cm³/mol. The normalized spacial score (nSPS) is 20.6.